The number of pyridine rings is 1. The van der Waals surface area contributed by atoms with Crippen LogP contribution in [0.25, 0.3) is 0 Å². The van der Waals surface area contributed by atoms with E-state index in [0.717, 1.165) is 32.1 Å². The molecule has 3 fully saturated rings. The highest BCUT2D eigenvalue weighted by Gasteiger charge is 2.73. The molecule has 2 saturated heterocycles. The van der Waals surface area contributed by atoms with Gasteiger partial charge >= 0.3 is 0 Å². The van der Waals surface area contributed by atoms with Gasteiger partial charge in [-0.2, -0.15) is 0 Å². The Morgan fingerprint density at radius 3 is 2.64 bits per heavy atom. The average Bonchev–Trinajstić information content (AvgIpc) is 3.54. The SMILES string of the molecule is O=C(Nc1ccccc1F)[C@H]1[C@@H]2C=C[C@]3(O2)[C@@H]1C(=O)N(c1cccnc1)[C@@H]3C(=O)NC1CCCCC1. The van der Waals surface area contributed by atoms with Gasteiger partial charge in [0.15, 0.2) is 0 Å². The van der Waals surface area contributed by atoms with E-state index in [0.29, 0.717) is 5.69 Å². The normalized spacial score (nSPS) is 30.9. The number of nitrogens with zero attached hydrogens (tertiary/aromatic N) is 2. The number of amides is 3. The number of benzene rings is 1. The third kappa shape index (κ3) is 3.52. The third-order valence-corrected chi connectivity index (χ3v) is 7.83. The maximum absolute atomic E-state index is 14.2. The molecule has 3 amide bonds. The molecule has 1 spiro atoms. The number of carbonyl (C=O) groups excluding carboxylic acids is 3. The van der Waals surface area contributed by atoms with E-state index in [-0.39, 0.29) is 23.5 Å². The summed E-state index contributed by atoms with van der Waals surface area (Å²) in [6, 6.07) is 8.33. The summed E-state index contributed by atoms with van der Waals surface area (Å²) in [5.41, 5.74) is -0.804. The zero-order chi connectivity index (χ0) is 24.9. The molecular weight excluding hydrogens is 463 g/mol. The maximum Gasteiger partial charge on any atom is 0.246 e. The summed E-state index contributed by atoms with van der Waals surface area (Å²) in [7, 11) is 0. The van der Waals surface area contributed by atoms with Crippen LogP contribution in [0.3, 0.4) is 0 Å². The second kappa shape index (κ2) is 8.81. The minimum Gasteiger partial charge on any atom is -0.359 e. The van der Waals surface area contributed by atoms with E-state index in [1.165, 1.54) is 29.3 Å². The van der Waals surface area contributed by atoms with E-state index in [2.05, 4.69) is 15.6 Å². The molecule has 9 heteroatoms. The lowest BCUT2D eigenvalue weighted by Gasteiger charge is -2.34. The number of halogens is 1. The van der Waals surface area contributed by atoms with E-state index < -0.39 is 41.3 Å². The number of anilines is 2. The first kappa shape index (κ1) is 22.8. The molecule has 2 N–H and O–H groups in total. The summed E-state index contributed by atoms with van der Waals surface area (Å²) in [5.74, 6) is -3.61. The van der Waals surface area contributed by atoms with Crippen LogP contribution >= 0.6 is 0 Å². The molecule has 3 aliphatic heterocycles. The molecular formula is C27H27FN4O4. The van der Waals surface area contributed by atoms with Crippen molar-refractivity contribution in [2.45, 2.75) is 55.9 Å². The Balaban J connectivity index is 1.36. The lowest BCUT2D eigenvalue weighted by molar-refractivity contribution is -0.129. The monoisotopic (exact) mass is 490 g/mol. The third-order valence-electron chi connectivity index (χ3n) is 7.83. The Morgan fingerprint density at radius 1 is 1.08 bits per heavy atom. The van der Waals surface area contributed by atoms with Crippen molar-refractivity contribution in [3.05, 3.63) is 66.8 Å². The van der Waals surface area contributed by atoms with Gasteiger partial charge in [0.1, 0.15) is 17.5 Å². The number of rotatable bonds is 5. The summed E-state index contributed by atoms with van der Waals surface area (Å²) in [6.45, 7) is 0. The van der Waals surface area contributed by atoms with Gasteiger partial charge in [0.25, 0.3) is 0 Å². The molecule has 2 aromatic rings. The molecule has 1 aromatic heterocycles. The van der Waals surface area contributed by atoms with Gasteiger partial charge in [-0.05, 0) is 37.1 Å². The minimum atomic E-state index is -1.30. The summed E-state index contributed by atoms with van der Waals surface area (Å²) in [4.78, 5) is 46.7. The first-order chi connectivity index (χ1) is 17.5. The predicted molar refractivity (Wildman–Crippen MR) is 129 cm³/mol. The standard InChI is InChI=1S/C27H27FN4O4/c28-18-10-4-5-11-19(18)31-24(33)21-20-12-13-27(36-20)22(21)26(35)32(17-9-6-14-29-15-17)23(27)25(34)30-16-7-2-1-3-8-16/h4-6,9-16,20-23H,1-3,7-8H2,(H,30,34)(H,31,33)/t20-,21-,22-,23+,27-/m0/s1. The molecule has 186 valence electrons. The molecule has 1 aliphatic carbocycles. The molecule has 0 unspecified atom stereocenters. The number of nitrogens with one attached hydrogen (secondary N) is 2. The van der Waals surface area contributed by atoms with Gasteiger partial charge in [-0.15, -0.1) is 0 Å². The number of hydrogen-bond acceptors (Lipinski definition) is 5. The zero-order valence-electron chi connectivity index (χ0n) is 19.6. The van der Waals surface area contributed by atoms with Crippen LogP contribution in [-0.2, 0) is 19.1 Å². The molecule has 2 bridgehead atoms. The van der Waals surface area contributed by atoms with Crippen LogP contribution in [0.2, 0.25) is 0 Å². The molecule has 8 nitrogen and oxygen atoms in total. The quantitative estimate of drug-likeness (QED) is 0.628. The van der Waals surface area contributed by atoms with Crippen LogP contribution in [0.4, 0.5) is 15.8 Å². The Bertz CT molecular complexity index is 1230. The Morgan fingerprint density at radius 2 is 1.89 bits per heavy atom. The first-order valence-corrected chi connectivity index (χ1v) is 12.5. The fraction of sp³-hybridized carbons (Fsp3) is 0.407. The van der Waals surface area contributed by atoms with Gasteiger partial charge < -0.3 is 15.4 Å². The molecule has 36 heavy (non-hydrogen) atoms. The van der Waals surface area contributed by atoms with Crippen molar-refractivity contribution in [2.75, 3.05) is 10.2 Å². The highest BCUT2D eigenvalue weighted by Crippen LogP contribution is 2.56. The van der Waals surface area contributed by atoms with Gasteiger partial charge in [0.2, 0.25) is 17.7 Å². The second-order valence-corrected chi connectivity index (χ2v) is 9.93. The summed E-state index contributed by atoms with van der Waals surface area (Å²) in [6.07, 6.45) is 11.0. The average molecular weight is 491 g/mol. The van der Waals surface area contributed by atoms with Crippen molar-refractivity contribution in [1.29, 1.82) is 0 Å². The van der Waals surface area contributed by atoms with E-state index in [9.17, 15) is 18.8 Å². The van der Waals surface area contributed by atoms with Gasteiger partial charge in [-0.1, -0.05) is 43.5 Å². The van der Waals surface area contributed by atoms with Crippen LogP contribution in [0.15, 0.2) is 60.9 Å². The van der Waals surface area contributed by atoms with Crippen molar-refractivity contribution in [2.24, 2.45) is 11.8 Å². The van der Waals surface area contributed by atoms with Crippen LogP contribution < -0.4 is 15.5 Å². The molecule has 1 aromatic carbocycles. The van der Waals surface area contributed by atoms with Crippen molar-refractivity contribution < 1.29 is 23.5 Å². The van der Waals surface area contributed by atoms with Crippen LogP contribution in [0.1, 0.15) is 32.1 Å². The molecule has 4 aliphatic rings. The number of para-hydroxylation sites is 1. The fourth-order valence-electron chi connectivity index (χ4n) is 6.25. The van der Waals surface area contributed by atoms with Crippen LogP contribution in [0, 0.1) is 17.7 Å². The molecule has 0 radical (unpaired) electrons. The lowest BCUT2D eigenvalue weighted by atomic mass is 9.74. The van der Waals surface area contributed by atoms with Gasteiger partial charge in [-0.3, -0.25) is 24.3 Å². The Hall–Kier alpha value is -3.59. The highest BCUT2D eigenvalue weighted by atomic mass is 19.1. The first-order valence-electron chi connectivity index (χ1n) is 12.5. The number of aromatic nitrogens is 1. The molecule has 5 atom stereocenters. The van der Waals surface area contributed by atoms with Crippen molar-refractivity contribution in [1.82, 2.24) is 10.3 Å². The molecule has 4 heterocycles. The van der Waals surface area contributed by atoms with E-state index in [1.54, 1.807) is 36.5 Å². The smallest absolute Gasteiger partial charge is 0.246 e. The Kier molecular flexibility index (Phi) is 5.59. The molecule has 6 rings (SSSR count). The maximum atomic E-state index is 14.2. The van der Waals surface area contributed by atoms with E-state index in [4.69, 9.17) is 4.74 Å². The topological polar surface area (TPSA) is 101 Å². The van der Waals surface area contributed by atoms with Crippen LogP contribution in [-0.4, -0.2) is 46.5 Å². The van der Waals surface area contributed by atoms with Crippen LogP contribution in [0.5, 0.6) is 0 Å². The van der Waals surface area contributed by atoms with E-state index >= 15 is 0 Å². The van der Waals surface area contributed by atoms with Gasteiger partial charge in [0, 0.05) is 12.2 Å². The summed E-state index contributed by atoms with van der Waals surface area (Å²) in [5, 5.41) is 5.77. The second-order valence-electron chi connectivity index (χ2n) is 9.93. The largest absolute Gasteiger partial charge is 0.359 e. The Labute approximate surface area is 207 Å². The minimum absolute atomic E-state index is 0.0319. The highest BCUT2D eigenvalue weighted by molar-refractivity contribution is 6.11. The number of hydrogen-bond donors (Lipinski definition) is 2. The molecule has 1 saturated carbocycles. The number of fused-ring (bicyclic) bond motifs is 1. The van der Waals surface area contributed by atoms with Gasteiger partial charge in [0.05, 0.1) is 35.5 Å². The van der Waals surface area contributed by atoms with E-state index in [1.807, 2.05) is 0 Å². The van der Waals surface area contributed by atoms with Crippen molar-refractivity contribution in [3.63, 3.8) is 0 Å². The summed E-state index contributed by atoms with van der Waals surface area (Å²) >= 11 is 0. The lowest BCUT2D eigenvalue weighted by Crippen LogP contribution is -2.56. The van der Waals surface area contributed by atoms with Crippen molar-refractivity contribution in [3.8, 4) is 0 Å². The number of carbonyl (C=O) groups is 3. The summed E-state index contributed by atoms with van der Waals surface area (Å²) < 4.78 is 20.6. The van der Waals surface area contributed by atoms with Crippen molar-refractivity contribution >= 4 is 29.1 Å². The number of ether oxygens (including phenoxy) is 1. The predicted octanol–water partition coefficient (Wildman–Crippen LogP) is 2.96. The fourth-order valence-corrected chi connectivity index (χ4v) is 6.25. The van der Waals surface area contributed by atoms with Gasteiger partial charge in [-0.25, -0.2) is 4.39 Å². The zero-order valence-corrected chi connectivity index (χ0v) is 19.6.